The lowest BCUT2D eigenvalue weighted by Crippen LogP contribution is -2.46. The molecule has 0 unspecified atom stereocenters. The van der Waals surface area contributed by atoms with Crippen molar-refractivity contribution in [2.75, 3.05) is 11.9 Å². The monoisotopic (exact) mass is 479 g/mol. The highest BCUT2D eigenvalue weighted by Crippen LogP contribution is 2.17. The molecule has 2 atom stereocenters. The van der Waals surface area contributed by atoms with Gasteiger partial charge in [0.25, 0.3) is 5.91 Å². The minimum absolute atomic E-state index is 0.146. The fourth-order valence-electron chi connectivity index (χ4n) is 3.25. The number of carbonyl (C=O) groups is 1. The van der Waals surface area contributed by atoms with E-state index >= 15 is 0 Å². The van der Waals surface area contributed by atoms with Gasteiger partial charge in [-0.2, -0.15) is 0 Å². The quantitative estimate of drug-likeness (QED) is 0.417. The first kappa shape index (κ1) is 26.8. The number of aliphatic hydroxyl groups is 1. The van der Waals surface area contributed by atoms with Crippen LogP contribution in [0.3, 0.4) is 0 Å². The smallest absolute Gasteiger partial charge is 0.251 e. The van der Waals surface area contributed by atoms with Crippen LogP contribution in [0.25, 0.3) is 0 Å². The Labute approximate surface area is 195 Å². The van der Waals surface area contributed by atoms with Gasteiger partial charge in [-0.15, -0.1) is 0 Å². The number of aliphatic hydroxyl groups excluding tert-OH is 1. The number of rotatable bonds is 10. The maximum absolute atomic E-state index is 13.1. The van der Waals surface area contributed by atoms with Crippen molar-refractivity contribution >= 4 is 21.6 Å². The zero-order valence-electron chi connectivity index (χ0n) is 19.7. The Morgan fingerprint density at radius 2 is 1.61 bits per heavy atom. The molecule has 2 aromatic rings. The molecule has 0 aromatic heterocycles. The van der Waals surface area contributed by atoms with Crippen molar-refractivity contribution in [2.45, 2.75) is 63.6 Å². The Kier molecular flexibility index (Phi) is 8.99. The van der Waals surface area contributed by atoms with Gasteiger partial charge in [-0.25, -0.2) is 17.5 Å². The molecule has 0 aliphatic heterocycles. The number of carbonyl (C=O) groups excluding carboxylic acids is 1. The lowest BCUT2D eigenvalue weighted by molar-refractivity contribution is 0.0827. The van der Waals surface area contributed by atoms with Crippen LogP contribution in [0.2, 0.25) is 0 Å². The molecule has 0 aliphatic carbocycles. The van der Waals surface area contributed by atoms with Gasteiger partial charge in [0, 0.05) is 23.3 Å². The molecule has 0 fully saturated rings. The summed E-state index contributed by atoms with van der Waals surface area (Å²) in [7, 11) is -3.63. The molecule has 1 amide bonds. The first-order chi connectivity index (χ1) is 15.3. The van der Waals surface area contributed by atoms with Crippen LogP contribution in [0.15, 0.2) is 53.4 Å². The van der Waals surface area contributed by atoms with Crippen LogP contribution in [0.1, 0.15) is 51.4 Å². The first-order valence-electron chi connectivity index (χ1n) is 10.9. The molecule has 33 heavy (non-hydrogen) atoms. The number of benzene rings is 2. The van der Waals surface area contributed by atoms with E-state index in [1.807, 2.05) is 13.8 Å². The maximum Gasteiger partial charge on any atom is 0.251 e. The van der Waals surface area contributed by atoms with Crippen LogP contribution in [0, 0.1) is 11.7 Å². The van der Waals surface area contributed by atoms with Gasteiger partial charge in [-0.05, 0) is 81.6 Å². The minimum Gasteiger partial charge on any atom is -0.389 e. The van der Waals surface area contributed by atoms with Gasteiger partial charge >= 0.3 is 0 Å². The molecule has 0 bridgehead atoms. The highest BCUT2D eigenvalue weighted by Gasteiger charge is 2.24. The number of nitrogens with one attached hydrogen (secondary N) is 3. The van der Waals surface area contributed by atoms with E-state index in [0.29, 0.717) is 17.7 Å². The molecule has 4 N–H and O–H groups in total. The topological polar surface area (TPSA) is 108 Å². The van der Waals surface area contributed by atoms with Gasteiger partial charge in [0.1, 0.15) is 5.82 Å². The molecule has 0 radical (unpaired) electrons. The van der Waals surface area contributed by atoms with Gasteiger partial charge in [-0.1, -0.05) is 13.8 Å². The number of hydrogen-bond donors (Lipinski definition) is 4. The summed E-state index contributed by atoms with van der Waals surface area (Å²) < 4.78 is 40.6. The third-order valence-corrected chi connectivity index (χ3v) is 6.51. The van der Waals surface area contributed by atoms with Crippen LogP contribution in [0.4, 0.5) is 10.1 Å². The SMILES string of the molecule is CC(C)C[C@H](NC(=O)c1ccc(F)cc1)[C@@H](O)CNc1ccc(S(=O)(=O)NC(C)(C)C)cc1. The Morgan fingerprint density at radius 3 is 2.12 bits per heavy atom. The van der Waals surface area contributed by atoms with Gasteiger partial charge < -0.3 is 15.7 Å². The maximum atomic E-state index is 13.1. The lowest BCUT2D eigenvalue weighted by atomic mass is 9.98. The van der Waals surface area contributed by atoms with Crippen molar-refractivity contribution in [3.8, 4) is 0 Å². The molecular weight excluding hydrogens is 445 g/mol. The predicted molar refractivity (Wildman–Crippen MR) is 128 cm³/mol. The van der Waals surface area contributed by atoms with E-state index in [9.17, 15) is 22.7 Å². The predicted octanol–water partition coefficient (Wildman–Crippen LogP) is 3.52. The second kappa shape index (κ2) is 11.1. The standard InChI is InChI=1S/C24H34FN3O4S/c1-16(2)14-21(27-23(30)17-6-8-18(25)9-7-17)22(29)15-26-19-10-12-20(13-11-19)33(31,32)28-24(3,4)5/h6-13,16,21-22,26,28-29H,14-15H2,1-5H3,(H,27,30)/t21-,22-/m0/s1. The summed E-state index contributed by atoms with van der Waals surface area (Å²) in [6.45, 7) is 9.43. The molecule has 182 valence electrons. The number of anilines is 1. The average molecular weight is 480 g/mol. The van der Waals surface area contributed by atoms with Gasteiger partial charge in [0.15, 0.2) is 0 Å². The number of hydrogen-bond acceptors (Lipinski definition) is 5. The largest absolute Gasteiger partial charge is 0.389 e. The Morgan fingerprint density at radius 1 is 1.03 bits per heavy atom. The van der Waals surface area contributed by atoms with Crippen LogP contribution < -0.4 is 15.4 Å². The minimum atomic E-state index is -3.63. The summed E-state index contributed by atoms with van der Waals surface area (Å²) in [5, 5.41) is 16.6. The molecule has 2 aromatic carbocycles. The number of sulfonamides is 1. The van der Waals surface area contributed by atoms with E-state index in [0.717, 1.165) is 0 Å². The van der Waals surface area contributed by atoms with Crippen LogP contribution in [-0.2, 0) is 10.0 Å². The Hall–Kier alpha value is -2.49. The van der Waals surface area contributed by atoms with Gasteiger partial charge in [-0.3, -0.25) is 4.79 Å². The Bertz CT molecular complexity index is 1020. The zero-order valence-corrected chi connectivity index (χ0v) is 20.5. The summed E-state index contributed by atoms with van der Waals surface area (Å²) in [6, 6.07) is 10.9. The van der Waals surface area contributed by atoms with Crippen LogP contribution in [0.5, 0.6) is 0 Å². The molecule has 0 heterocycles. The molecule has 0 saturated carbocycles. The van der Waals surface area contributed by atoms with E-state index in [1.165, 1.54) is 36.4 Å². The molecule has 7 nitrogen and oxygen atoms in total. The number of halogens is 1. The van der Waals surface area contributed by atoms with Crippen molar-refractivity contribution in [2.24, 2.45) is 5.92 Å². The number of amides is 1. The third-order valence-electron chi connectivity index (χ3n) is 4.73. The van der Waals surface area contributed by atoms with Crippen molar-refractivity contribution in [1.29, 1.82) is 0 Å². The second-order valence-corrected chi connectivity index (χ2v) is 11.2. The van der Waals surface area contributed by atoms with Crippen molar-refractivity contribution in [1.82, 2.24) is 10.0 Å². The molecule has 0 spiro atoms. The summed E-state index contributed by atoms with van der Waals surface area (Å²) in [6.07, 6.45) is -0.353. The second-order valence-electron chi connectivity index (χ2n) is 9.54. The molecular formula is C24H34FN3O4S. The fraction of sp³-hybridized carbons (Fsp3) is 0.458. The summed E-state index contributed by atoms with van der Waals surface area (Å²) in [5.74, 6) is -0.596. The van der Waals surface area contributed by atoms with Gasteiger partial charge in [0.05, 0.1) is 17.0 Å². The summed E-state index contributed by atoms with van der Waals surface area (Å²) in [5.41, 5.74) is 0.354. The van der Waals surface area contributed by atoms with Crippen LogP contribution in [-0.4, -0.2) is 43.7 Å². The lowest BCUT2D eigenvalue weighted by Gasteiger charge is -2.26. The highest BCUT2D eigenvalue weighted by molar-refractivity contribution is 7.89. The van der Waals surface area contributed by atoms with E-state index in [2.05, 4.69) is 15.4 Å². The average Bonchev–Trinajstić information content (AvgIpc) is 2.70. The fourth-order valence-corrected chi connectivity index (χ4v) is 4.67. The first-order valence-corrected chi connectivity index (χ1v) is 12.4. The van der Waals surface area contributed by atoms with E-state index in [4.69, 9.17) is 0 Å². The molecule has 0 saturated heterocycles. The summed E-state index contributed by atoms with van der Waals surface area (Å²) in [4.78, 5) is 12.7. The normalized spacial score (nSPS) is 14.1. The summed E-state index contributed by atoms with van der Waals surface area (Å²) >= 11 is 0. The molecule has 2 rings (SSSR count). The molecule has 0 aliphatic rings. The highest BCUT2D eigenvalue weighted by atomic mass is 32.2. The third kappa shape index (κ3) is 8.75. The van der Waals surface area contributed by atoms with Gasteiger partial charge in [0.2, 0.25) is 10.0 Å². The van der Waals surface area contributed by atoms with E-state index < -0.39 is 33.5 Å². The van der Waals surface area contributed by atoms with Crippen LogP contribution >= 0.6 is 0 Å². The van der Waals surface area contributed by atoms with E-state index in [1.54, 1.807) is 32.9 Å². The molecule has 9 heteroatoms. The van der Waals surface area contributed by atoms with Crippen molar-refractivity contribution in [3.63, 3.8) is 0 Å². The van der Waals surface area contributed by atoms with E-state index in [-0.39, 0.29) is 23.3 Å². The van der Waals surface area contributed by atoms with Crippen molar-refractivity contribution < 1.29 is 22.7 Å². The Balaban J connectivity index is 2.02. The van der Waals surface area contributed by atoms with Crippen molar-refractivity contribution in [3.05, 3.63) is 59.9 Å². The zero-order chi connectivity index (χ0) is 24.8.